The molecule has 188 valence electrons. The highest BCUT2D eigenvalue weighted by Crippen LogP contribution is 2.26. The topological polar surface area (TPSA) is 126 Å². The minimum atomic E-state index is -1.02. The van der Waals surface area contributed by atoms with Gasteiger partial charge in [-0.05, 0) is 61.0 Å². The highest BCUT2D eigenvalue weighted by Gasteiger charge is 2.13. The van der Waals surface area contributed by atoms with Crippen LogP contribution < -0.4 is 25.4 Å². The predicted octanol–water partition coefficient (Wildman–Crippen LogP) is 4.30. The van der Waals surface area contributed by atoms with Crippen molar-refractivity contribution in [2.75, 3.05) is 24.3 Å². The maximum absolute atomic E-state index is 13.7. The maximum Gasteiger partial charge on any atom is 0.335 e. The summed E-state index contributed by atoms with van der Waals surface area (Å²) < 4.78 is 24.7. The first kappa shape index (κ1) is 26.2. The number of urea groups is 1. The summed E-state index contributed by atoms with van der Waals surface area (Å²) in [5.41, 5.74) is 1.23. The number of carbonyl (C=O) groups is 3. The molecule has 0 bridgehead atoms. The van der Waals surface area contributed by atoms with E-state index in [0.29, 0.717) is 22.7 Å². The first-order chi connectivity index (χ1) is 17.2. The van der Waals surface area contributed by atoms with Crippen molar-refractivity contribution in [2.24, 2.45) is 0 Å². The van der Waals surface area contributed by atoms with Crippen molar-refractivity contribution in [3.63, 3.8) is 0 Å². The van der Waals surface area contributed by atoms with Gasteiger partial charge in [0.05, 0.1) is 30.6 Å². The lowest BCUT2D eigenvalue weighted by atomic mass is 10.1. The van der Waals surface area contributed by atoms with Crippen LogP contribution in [0.25, 0.3) is 0 Å². The van der Waals surface area contributed by atoms with E-state index in [9.17, 15) is 18.8 Å². The number of nitrogens with one attached hydrogen (secondary N) is 3. The molecule has 4 N–H and O–H groups in total. The average molecular weight is 496 g/mol. The summed E-state index contributed by atoms with van der Waals surface area (Å²) in [6.07, 6.45) is -0.371. The molecule has 0 heterocycles. The lowest BCUT2D eigenvalue weighted by Gasteiger charge is -2.16. The molecule has 0 spiro atoms. The molecule has 3 rings (SSSR count). The van der Waals surface area contributed by atoms with Crippen molar-refractivity contribution in [2.45, 2.75) is 19.6 Å². The molecule has 2 amide bonds. The largest absolute Gasteiger partial charge is 0.495 e. The number of Topliss-reactive ketones (excluding diaryl/α,β-unsaturated/α-hetero) is 1. The van der Waals surface area contributed by atoms with Gasteiger partial charge in [0, 0.05) is 6.42 Å². The van der Waals surface area contributed by atoms with Crippen LogP contribution in [0.15, 0.2) is 66.7 Å². The van der Waals surface area contributed by atoms with Crippen LogP contribution in [0.1, 0.15) is 22.8 Å². The SMILES string of the molecule is COc1cc(CC(=O)CNC(C)Oc2ccc(C(=O)O)cc2)ccc1NC(=O)Nc1ccccc1F. The number of carboxylic acids is 1. The van der Waals surface area contributed by atoms with Crippen LogP contribution in [0.3, 0.4) is 0 Å². The van der Waals surface area contributed by atoms with Crippen molar-refractivity contribution < 1.29 is 33.4 Å². The van der Waals surface area contributed by atoms with E-state index >= 15 is 0 Å². The van der Waals surface area contributed by atoms with E-state index in [1.807, 2.05) is 0 Å². The van der Waals surface area contributed by atoms with Gasteiger partial charge in [-0.15, -0.1) is 0 Å². The van der Waals surface area contributed by atoms with Crippen LogP contribution in [0.5, 0.6) is 11.5 Å². The Morgan fingerprint density at radius 3 is 2.33 bits per heavy atom. The molecule has 0 saturated heterocycles. The second-order valence-electron chi connectivity index (χ2n) is 7.78. The van der Waals surface area contributed by atoms with E-state index < -0.39 is 24.0 Å². The lowest BCUT2D eigenvalue weighted by Crippen LogP contribution is -2.36. The number of ether oxygens (including phenoxy) is 2. The van der Waals surface area contributed by atoms with Crippen molar-refractivity contribution in [1.82, 2.24) is 5.32 Å². The van der Waals surface area contributed by atoms with Gasteiger partial charge in [0.25, 0.3) is 0 Å². The Morgan fingerprint density at radius 1 is 0.972 bits per heavy atom. The monoisotopic (exact) mass is 495 g/mol. The third kappa shape index (κ3) is 7.54. The molecule has 1 atom stereocenters. The fourth-order valence-corrected chi connectivity index (χ4v) is 3.26. The molecule has 36 heavy (non-hydrogen) atoms. The van der Waals surface area contributed by atoms with Gasteiger partial charge in [-0.1, -0.05) is 18.2 Å². The molecule has 10 heteroatoms. The van der Waals surface area contributed by atoms with Gasteiger partial charge >= 0.3 is 12.0 Å². The van der Waals surface area contributed by atoms with E-state index in [-0.39, 0.29) is 30.0 Å². The Kier molecular flexibility index (Phi) is 8.95. The molecule has 3 aromatic rings. The van der Waals surface area contributed by atoms with Gasteiger partial charge in [0.1, 0.15) is 23.5 Å². The van der Waals surface area contributed by atoms with Gasteiger partial charge in [-0.25, -0.2) is 14.0 Å². The number of carboxylic acid groups (broad SMARTS) is 1. The number of aromatic carboxylic acids is 1. The number of hydrogen-bond acceptors (Lipinski definition) is 6. The Morgan fingerprint density at radius 2 is 1.67 bits per heavy atom. The Balaban J connectivity index is 1.50. The lowest BCUT2D eigenvalue weighted by molar-refractivity contribution is -0.118. The summed E-state index contributed by atoms with van der Waals surface area (Å²) in [4.78, 5) is 35.6. The number of para-hydroxylation sites is 1. The molecule has 0 radical (unpaired) electrons. The van der Waals surface area contributed by atoms with Gasteiger partial charge in [0.15, 0.2) is 5.78 Å². The highest BCUT2D eigenvalue weighted by molar-refractivity contribution is 6.00. The number of methoxy groups -OCH3 is 1. The molecule has 1 unspecified atom stereocenters. The number of halogens is 1. The van der Waals surface area contributed by atoms with Crippen LogP contribution in [-0.2, 0) is 11.2 Å². The van der Waals surface area contributed by atoms with E-state index in [1.54, 1.807) is 43.3 Å². The summed E-state index contributed by atoms with van der Waals surface area (Å²) in [5.74, 6) is -0.869. The molecule has 0 aliphatic heterocycles. The smallest absolute Gasteiger partial charge is 0.335 e. The number of benzene rings is 3. The Bertz CT molecular complexity index is 1230. The highest BCUT2D eigenvalue weighted by atomic mass is 19.1. The molecule has 9 nitrogen and oxygen atoms in total. The van der Waals surface area contributed by atoms with Crippen molar-refractivity contribution in [1.29, 1.82) is 0 Å². The molecule has 0 aliphatic carbocycles. The van der Waals surface area contributed by atoms with Gasteiger partial charge < -0.3 is 25.2 Å². The fourth-order valence-electron chi connectivity index (χ4n) is 3.26. The predicted molar refractivity (Wildman–Crippen MR) is 132 cm³/mol. The van der Waals surface area contributed by atoms with Crippen molar-refractivity contribution in [3.05, 3.63) is 83.7 Å². The van der Waals surface area contributed by atoms with Crippen LogP contribution >= 0.6 is 0 Å². The standard InChI is InChI=1S/C26H26FN3O6/c1-16(36-20-10-8-18(9-11-20)25(32)33)28-15-19(31)13-17-7-12-23(24(14-17)35-2)30-26(34)29-22-6-4-3-5-21(22)27/h3-12,14,16,28H,13,15H2,1-2H3,(H,32,33)(H2,29,30,34). The van der Waals surface area contributed by atoms with E-state index in [4.69, 9.17) is 14.6 Å². The minimum Gasteiger partial charge on any atom is -0.495 e. The summed E-state index contributed by atoms with van der Waals surface area (Å²) in [7, 11) is 1.43. The Hall–Kier alpha value is -4.44. The third-order valence-electron chi connectivity index (χ3n) is 5.04. The van der Waals surface area contributed by atoms with E-state index in [0.717, 1.165) is 0 Å². The van der Waals surface area contributed by atoms with Crippen LogP contribution in [0.2, 0.25) is 0 Å². The number of anilines is 2. The third-order valence-corrected chi connectivity index (χ3v) is 5.04. The second-order valence-corrected chi connectivity index (χ2v) is 7.78. The molecule has 0 fully saturated rings. The first-order valence-electron chi connectivity index (χ1n) is 11.0. The molecule has 0 saturated carbocycles. The number of carbonyl (C=O) groups excluding carboxylic acids is 2. The molecular formula is C26H26FN3O6. The van der Waals surface area contributed by atoms with Crippen LogP contribution in [0, 0.1) is 5.82 Å². The zero-order chi connectivity index (χ0) is 26.1. The van der Waals surface area contributed by atoms with Gasteiger partial charge in [0.2, 0.25) is 0 Å². The average Bonchev–Trinajstić information content (AvgIpc) is 2.85. The first-order valence-corrected chi connectivity index (χ1v) is 11.0. The van der Waals surface area contributed by atoms with E-state index in [1.165, 1.54) is 37.4 Å². The quantitative estimate of drug-likeness (QED) is 0.292. The molecule has 0 aliphatic rings. The van der Waals surface area contributed by atoms with Crippen LogP contribution in [0.4, 0.5) is 20.6 Å². The number of amides is 2. The minimum absolute atomic E-state index is 0.0409. The summed E-state index contributed by atoms with van der Waals surface area (Å²) >= 11 is 0. The van der Waals surface area contributed by atoms with Gasteiger partial charge in [-0.2, -0.15) is 0 Å². The number of rotatable bonds is 11. The molecule has 0 aromatic heterocycles. The summed E-state index contributed by atoms with van der Waals surface area (Å²) in [5, 5.41) is 16.9. The summed E-state index contributed by atoms with van der Waals surface area (Å²) in [6, 6.07) is 16.0. The fraction of sp³-hybridized carbons (Fsp3) is 0.192. The van der Waals surface area contributed by atoms with Crippen LogP contribution in [-0.4, -0.2) is 42.8 Å². The number of hydrogen-bond donors (Lipinski definition) is 4. The van der Waals surface area contributed by atoms with E-state index in [2.05, 4.69) is 16.0 Å². The zero-order valence-corrected chi connectivity index (χ0v) is 19.7. The molecule has 3 aromatic carbocycles. The van der Waals surface area contributed by atoms with Gasteiger partial charge in [-0.3, -0.25) is 10.1 Å². The molecular weight excluding hydrogens is 469 g/mol. The zero-order valence-electron chi connectivity index (χ0n) is 19.7. The maximum atomic E-state index is 13.7. The Labute approximate surface area is 207 Å². The van der Waals surface area contributed by atoms with Crippen molar-refractivity contribution in [3.8, 4) is 11.5 Å². The normalized spacial score (nSPS) is 11.3. The second kappa shape index (κ2) is 12.3. The number of ketones is 1. The summed E-state index contributed by atoms with van der Waals surface area (Å²) in [6.45, 7) is 1.77. The van der Waals surface area contributed by atoms with Crippen molar-refractivity contribution >= 4 is 29.2 Å².